The van der Waals surface area contributed by atoms with E-state index in [2.05, 4.69) is 429 Å². The van der Waals surface area contributed by atoms with Crippen molar-refractivity contribution in [2.45, 2.75) is 5.45 Å². The van der Waals surface area contributed by atoms with E-state index in [1.807, 2.05) is 0 Å². The maximum atomic E-state index is 2.74. The highest BCUT2D eigenvalue weighted by molar-refractivity contribution is 14.3. The summed E-state index contributed by atoms with van der Waals surface area (Å²) in [6.45, 7) is 0. The van der Waals surface area contributed by atoms with Gasteiger partial charge in [-0.05, 0) is 0 Å². The first kappa shape index (κ1) is 41.9. The van der Waals surface area contributed by atoms with E-state index in [0.717, 1.165) is 0 Å². The number of halogens is 19. The molecule has 0 unspecified atom stereocenters. The number of hydrogen-bond acceptors (Lipinski definition) is 0. The summed E-state index contributed by atoms with van der Waals surface area (Å²) >= 11 is 50.6. The minimum atomic E-state index is -0.0887. The van der Waals surface area contributed by atoms with Crippen molar-refractivity contribution in [1.82, 2.24) is 0 Å². The number of hydrogen-bond donors (Lipinski definition) is 0. The molecule has 0 saturated heterocycles. The molecule has 1 radical (unpaired) electrons. The van der Waals surface area contributed by atoms with Crippen LogP contribution < -0.4 is 0 Å². The van der Waals surface area contributed by atoms with Crippen LogP contribution in [0.15, 0.2) is 0 Å². The second-order valence-corrected chi connectivity index (χ2v) is 64.4. The van der Waals surface area contributed by atoms with E-state index in [9.17, 15) is 0 Å². The predicted molar refractivity (Wildman–Crippen MR) is 291 cm³/mol. The average Bonchev–Trinajstić information content (AvgIpc) is 2.31. The summed E-state index contributed by atoms with van der Waals surface area (Å²) in [4.78, 5) is 0. The number of alkyl halides is 19. The molecule has 0 aliphatic heterocycles. The topological polar surface area (TPSA) is 0 Å². The van der Waals surface area contributed by atoms with Crippen molar-refractivity contribution in [1.29, 1.82) is 0 Å². The highest BCUT2D eigenvalue weighted by atomic mass is 127. The van der Waals surface area contributed by atoms with Crippen molar-refractivity contribution >= 4 is 429 Å². The Balaban J connectivity index is 6.78. The fourth-order valence-electron chi connectivity index (χ4n) is 1.44. The molecule has 0 fully saturated rings. The predicted octanol–water partition coefficient (Wildman–Crippen LogP) is 15.3. The van der Waals surface area contributed by atoms with Crippen LogP contribution in [0.2, 0.25) is 0 Å². The van der Waals surface area contributed by atoms with Crippen molar-refractivity contribution in [3.05, 3.63) is 5.92 Å². The van der Waals surface area contributed by atoms with Gasteiger partial charge in [0.1, 0.15) is 5.45 Å². The summed E-state index contributed by atoms with van der Waals surface area (Å²) in [5, 5.41) is 0. The van der Waals surface area contributed by atoms with Crippen LogP contribution in [0.3, 0.4) is 0 Å². The molecule has 0 spiro atoms. The summed E-state index contributed by atoms with van der Waals surface area (Å²) in [7, 11) is 0. The zero-order valence-corrected chi connectivity index (χ0v) is 52.7. The molecule has 0 heterocycles. The van der Waals surface area contributed by atoms with Gasteiger partial charge in [0, 0.05) is 0 Å². The van der Waals surface area contributed by atoms with Crippen molar-refractivity contribution in [2.24, 2.45) is 0 Å². The summed E-state index contributed by atoms with van der Waals surface area (Å²) in [6, 6.07) is 0. The lowest BCUT2D eigenvalue weighted by Crippen LogP contribution is -2.65. The van der Waals surface area contributed by atoms with E-state index < -0.39 is 0 Å². The molecule has 0 aliphatic rings. The third kappa shape index (κ3) is 10.2. The van der Waals surface area contributed by atoms with E-state index in [1.165, 1.54) is 5.92 Å². The maximum absolute atomic E-state index is 2.74. The van der Waals surface area contributed by atoms with Gasteiger partial charge in [0.2, 0.25) is 0 Å². The third-order valence-electron chi connectivity index (χ3n) is 2.81. The molecule has 0 aromatic heterocycles. The lowest BCUT2D eigenvalue weighted by molar-refractivity contribution is 0.707. The minimum Gasteiger partial charge on any atom is -0.0639 e. The molecule has 28 heavy (non-hydrogen) atoms. The van der Waals surface area contributed by atoms with Gasteiger partial charge in [-0.3, -0.25) is 0 Å². The molecule has 169 valence electrons. The van der Waals surface area contributed by atoms with Gasteiger partial charge in [0.15, 0.2) is 0 Å². The molecule has 19 heteroatoms. The van der Waals surface area contributed by atoms with Gasteiger partial charge >= 0.3 is 0 Å². The van der Waals surface area contributed by atoms with E-state index in [0.29, 0.717) is 0 Å². The second-order valence-electron chi connectivity index (χ2n) is 4.74. The zero-order chi connectivity index (χ0) is 23.6. The van der Waals surface area contributed by atoms with Gasteiger partial charge in [-0.15, -0.1) is 0 Å². The fraction of sp³-hybridized carbons (Fsp3) is 0.889. The zero-order valence-electron chi connectivity index (χ0n) is 11.7. The van der Waals surface area contributed by atoms with Crippen LogP contribution in [0.5, 0.6) is 0 Å². The van der Waals surface area contributed by atoms with E-state index in [4.69, 9.17) is 0 Å². The molecular weight excluding hydrogens is 2520 g/mol. The fourth-order valence-corrected chi connectivity index (χ4v) is 35.5. The van der Waals surface area contributed by atoms with Crippen LogP contribution in [0, 0.1) is 5.92 Å². The Morgan fingerprint density at radius 1 is 0.321 bits per heavy atom. The van der Waals surface area contributed by atoms with Crippen molar-refractivity contribution in [3.8, 4) is 0 Å². The van der Waals surface area contributed by atoms with Crippen LogP contribution in [0.1, 0.15) is 0 Å². The molecule has 0 aliphatic carbocycles. The molecular formula is C9I19. The molecule has 0 bridgehead atoms. The summed E-state index contributed by atoms with van der Waals surface area (Å²) < 4.78 is -0.169. The Hall–Kier alpha value is 13.9. The Morgan fingerprint density at radius 3 is 0.786 bits per heavy atom. The van der Waals surface area contributed by atoms with Gasteiger partial charge in [0.05, 0.1) is 5.92 Å². The highest BCUT2D eigenvalue weighted by Gasteiger charge is 2.75. The maximum Gasteiger partial charge on any atom is 0.149 e. The SMILES string of the molecule is IC(I)(I)[C](C(I)(I)I)C(I)(I)C(I)(I)C(I)(I)C(I)(I)C(I)(I)C(I)(I)I. The van der Waals surface area contributed by atoms with Gasteiger partial charge < -0.3 is 0 Å². The number of rotatable bonds is 8. The average molecular weight is 2520 g/mol. The summed E-state index contributed by atoms with van der Waals surface area (Å²) in [5.74, 6) is 1.53. The molecule has 0 aromatic rings. The van der Waals surface area contributed by atoms with Gasteiger partial charge in [-0.25, -0.2) is 0 Å². The smallest absolute Gasteiger partial charge is 0.0639 e. The molecule has 0 saturated carbocycles. The molecule has 0 amide bonds. The van der Waals surface area contributed by atoms with Gasteiger partial charge in [-0.1, -0.05) is 429 Å². The van der Waals surface area contributed by atoms with Crippen LogP contribution in [0.4, 0.5) is 0 Å². The van der Waals surface area contributed by atoms with Crippen LogP contribution >= 0.6 is 429 Å². The molecule has 0 aromatic carbocycles. The van der Waals surface area contributed by atoms with Crippen molar-refractivity contribution in [3.63, 3.8) is 0 Å². The standard InChI is InChI=1S/C9I19/c10-2(11,1(3(12,13)14)4(15,16)17)5(18,19)6(20,21)7(22,23)8(24,25)9(26,27)28. The van der Waals surface area contributed by atoms with E-state index in [-0.39, 0.29) is 5.45 Å². The Bertz CT molecular complexity index is 541. The normalized spacial score (nSPS) is 16.7. The molecule has 0 nitrogen and oxygen atoms in total. The van der Waals surface area contributed by atoms with Crippen LogP contribution in [-0.2, 0) is 0 Å². The Kier molecular flexibility index (Phi) is 23.1. The van der Waals surface area contributed by atoms with Crippen LogP contribution in [0.25, 0.3) is 0 Å². The minimum absolute atomic E-state index is 0.00861. The van der Waals surface area contributed by atoms with E-state index in [1.54, 1.807) is 0 Å². The van der Waals surface area contributed by atoms with Gasteiger partial charge in [-0.2, -0.15) is 0 Å². The first-order chi connectivity index (χ1) is 11.6. The highest BCUT2D eigenvalue weighted by Crippen LogP contribution is 2.79. The van der Waals surface area contributed by atoms with E-state index >= 15 is 0 Å². The largest absolute Gasteiger partial charge is 0.149 e. The molecule has 0 N–H and O–H groups in total. The third-order valence-corrected chi connectivity index (χ3v) is 46.8. The van der Waals surface area contributed by atoms with Crippen molar-refractivity contribution < 1.29 is 0 Å². The van der Waals surface area contributed by atoms with Crippen LogP contribution in [-0.4, -0.2) is 5.45 Å². The lowest BCUT2D eigenvalue weighted by Gasteiger charge is -2.57. The quantitative estimate of drug-likeness (QED) is 0.168. The Labute approximate surface area is 426 Å². The first-order valence-electron chi connectivity index (χ1n) is 5.59. The van der Waals surface area contributed by atoms with Gasteiger partial charge in [0.25, 0.3) is 0 Å². The summed E-state index contributed by atoms with van der Waals surface area (Å²) in [5.41, 5.74) is 0. The van der Waals surface area contributed by atoms with Crippen molar-refractivity contribution in [2.75, 3.05) is 0 Å². The first-order valence-corrected chi connectivity index (χ1v) is 26.1. The molecule has 0 atom stereocenters. The molecule has 0 rings (SSSR count). The monoisotopic (exact) mass is 2520 g/mol. The lowest BCUT2D eigenvalue weighted by atomic mass is 10.0. The second kappa shape index (κ2) is 15.4. The summed E-state index contributed by atoms with van der Waals surface area (Å²) in [6.07, 6.45) is 0. The Morgan fingerprint density at radius 2 is 0.571 bits per heavy atom.